The SMILES string of the molecule is COc1ccc2[nH]cc(C3CCN(C(C)C(=O)NCC(C)c4ccccc4)CC3)c2c1. The van der Waals surface area contributed by atoms with E-state index in [2.05, 4.69) is 52.6 Å². The Morgan fingerprint density at radius 3 is 2.61 bits per heavy atom. The van der Waals surface area contributed by atoms with E-state index < -0.39 is 0 Å². The molecule has 1 aliphatic rings. The fourth-order valence-electron chi connectivity index (χ4n) is 4.65. The van der Waals surface area contributed by atoms with Crippen LogP contribution in [0, 0.1) is 0 Å². The molecule has 1 aromatic heterocycles. The number of hydrogen-bond acceptors (Lipinski definition) is 3. The molecular weight excluding hydrogens is 386 g/mol. The lowest BCUT2D eigenvalue weighted by Gasteiger charge is -2.35. The smallest absolute Gasteiger partial charge is 0.237 e. The Kier molecular flexibility index (Phi) is 6.62. The maximum absolute atomic E-state index is 12.8. The van der Waals surface area contributed by atoms with Crippen molar-refractivity contribution in [3.8, 4) is 5.75 Å². The number of nitrogens with zero attached hydrogens (tertiary/aromatic N) is 1. The number of nitrogens with one attached hydrogen (secondary N) is 2. The lowest BCUT2D eigenvalue weighted by Crippen LogP contribution is -2.48. The number of amides is 1. The molecule has 1 fully saturated rings. The van der Waals surface area contributed by atoms with Crippen molar-refractivity contribution in [3.63, 3.8) is 0 Å². The number of piperidine rings is 1. The summed E-state index contributed by atoms with van der Waals surface area (Å²) in [5.74, 6) is 1.83. The summed E-state index contributed by atoms with van der Waals surface area (Å²) in [6.07, 6.45) is 4.26. The van der Waals surface area contributed by atoms with Gasteiger partial charge in [-0.25, -0.2) is 0 Å². The van der Waals surface area contributed by atoms with Crippen molar-refractivity contribution in [2.24, 2.45) is 0 Å². The molecule has 3 aromatic rings. The number of H-pyrrole nitrogens is 1. The molecule has 5 heteroatoms. The standard InChI is InChI=1S/C26H33N3O2/c1-18(20-7-5-4-6-8-20)16-28-26(30)19(2)29-13-11-21(12-14-29)24-17-27-25-10-9-22(31-3)15-23(24)25/h4-10,15,17-19,21,27H,11-14,16H2,1-3H3,(H,28,30). The van der Waals surface area contributed by atoms with Gasteiger partial charge < -0.3 is 15.0 Å². The van der Waals surface area contributed by atoms with Gasteiger partial charge in [0.1, 0.15) is 5.75 Å². The first kappa shape index (κ1) is 21.4. The normalized spacial score (nSPS) is 17.4. The van der Waals surface area contributed by atoms with Crippen LogP contribution in [0.4, 0.5) is 0 Å². The van der Waals surface area contributed by atoms with Crippen molar-refractivity contribution < 1.29 is 9.53 Å². The maximum atomic E-state index is 12.8. The van der Waals surface area contributed by atoms with E-state index in [1.807, 2.05) is 31.2 Å². The molecule has 2 heterocycles. The van der Waals surface area contributed by atoms with Gasteiger partial charge in [0.15, 0.2) is 0 Å². The minimum absolute atomic E-state index is 0.105. The Hall–Kier alpha value is -2.79. The number of benzene rings is 2. The number of hydrogen-bond donors (Lipinski definition) is 2. The van der Waals surface area contributed by atoms with Crippen molar-refractivity contribution in [3.05, 3.63) is 65.9 Å². The quantitative estimate of drug-likeness (QED) is 0.585. The maximum Gasteiger partial charge on any atom is 0.237 e. The zero-order chi connectivity index (χ0) is 21.8. The van der Waals surface area contributed by atoms with Gasteiger partial charge in [-0.15, -0.1) is 0 Å². The van der Waals surface area contributed by atoms with Crippen LogP contribution in [0.5, 0.6) is 5.75 Å². The predicted octanol–water partition coefficient (Wildman–Crippen LogP) is 4.66. The third-order valence-corrected chi connectivity index (χ3v) is 6.77. The van der Waals surface area contributed by atoms with Gasteiger partial charge in [0, 0.05) is 23.6 Å². The summed E-state index contributed by atoms with van der Waals surface area (Å²) in [5.41, 5.74) is 3.77. The summed E-state index contributed by atoms with van der Waals surface area (Å²) < 4.78 is 5.41. The minimum atomic E-state index is -0.105. The Balaban J connectivity index is 1.31. The Morgan fingerprint density at radius 2 is 1.90 bits per heavy atom. The highest BCUT2D eigenvalue weighted by molar-refractivity contribution is 5.85. The molecule has 0 radical (unpaired) electrons. The molecule has 0 bridgehead atoms. The molecular formula is C26H33N3O2. The molecule has 5 nitrogen and oxygen atoms in total. The molecule has 1 saturated heterocycles. The number of aromatic nitrogens is 1. The third-order valence-electron chi connectivity index (χ3n) is 6.77. The number of likely N-dealkylation sites (tertiary alicyclic amines) is 1. The summed E-state index contributed by atoms with van der Waals surface area (Å²) in [5, 5.41) is 4.40. The van der Waals surface area contributed by atoms with Crippen LogP contribution in [0.3, 0.4) is 0 Å². The van der Waals surface area contributed by atoms with E-state index in [1.165, 1.54) is 16.5 Å². The number of carbonyl (C=O) groups is 1. The lowest BCUT2D eigenvalue weighted by atomic mass is 9.88. The second-order valence-electron chi connectivity index (χ2n) is 8.70. The highest BCUT2D eigenvalue weighted by Crippen LogP contribution is 2.35. The molecule has 2 aromatic carbocycles. The van der Waals surface area contributed by atoms with Crippen LogP contribution in [-0.4, -0.2) is 48.6 Å². The molecule has 2 unspecified atom stereocenters. The number of carbonyl (C=O) groups excluding carboxylic acids is 1. The van der Waals surface area contributed by atoms with Gasteiger partial charge in [0.2, 0.25) is 5.91 Å². The van der Waals surface area contributed by atoms with Crippen molar-refractivity contribution >= 4 is 16.8 Å². The van der Waals surface area contributed by atoms with Gasteiger partial charge in [0.05, 0.1) is 13.2 Å². The summed E-state index contributed by atoms with van der Waals surface area (Å²) in [7, 11) is 1.71. The number of fused-ring (bicyclic) bond motifs is 1. The van der Waals surface area contributed by atoms with Gasteiger partial charge in [-0.05, 0) is 74.0 Å². The monoisotopic (exact) mass is 419 g/mol. The topological polar surface area (TPSA) is 57.4 Å². The molecule has 1 aliphatic heterocycles. The molecule has 1 amide bonds. The Morgan fingerprint density at radius 1 is 1.16 bits per heavy atom. The van der Waals surface area contributed by atoms with Crippen LogP contribution >= 0.6 is 0 Å². The molecule has 164 valence electrons. The first-order valence-electron chi connectivity index (χ1n) is 11.3. The van der Waals surface area contributed by atoms with Gasteiger partial charge in [-0.2, -0.15) is 0 Å². The second-order valence-corrected chi connectivity index (χ2v) is 8.70. The number of methoxy groups -OCH3 is 1. The van der Waals surface area contributed by atoms with Crippen LogP contribution in [-0.2, 0) is 4.79 Å². The number of aromatic amines is 1. The molecule has 2 atom stereocenters. The van der Waals surface area contributed by atoms with E-state index in [0.29, 0.717) is 18.4 Å². The zero-order valence-electron chi connectivity index (χ0n) is 18.7. The molecule has 4 rings (SSSR count). The van der Waals surface area contributed by atoms with E-state index in [-0.39, 0.29) is 11.9 Å². The molecule has 31 heavy (non-hydrogen) atoms. The highest BCUT2D eigenvalue weighted by Gasteiger charge is 2.28. The lowest BCUT2D eigenvalue weighted by molar-refractivity contribution is -0.126. The van der Waals surface area contributed by atoms with E-state index in [9.17, 15) is 4.79 Å². The first-order chi connectivity index (χ1) is 15.1. The van der Waals surface area contributed by atoms with Crippen LogP contribution in [0.1, 0.15) is 49.7 Å². The van der Waals surface area contributed by atoms with E-state index in [4.69, 9.17) is 4.74 Å². The van der Waals surface area contributed by atoms with Crippen molar-refractivity contribution in [2.75, 3.05) is 26.7 Å². The third kappa shape index (κ3) is 4.77. The van der Waals surface area contributed by atoms with Gasteiger partial charge in [-0.1, -0.05) is 37.3 Å². The number of rotatable bonds is 7. The van der Waals surface area contributed by atoms with E-state index in [1.54, 1.807) is 7.11 Å². The zero-order valence-corrected chi connectivity index (χ0v) is 18.7. The van der Waals surface area contributed by atoms with Crippen LogP contribution in [0.15, 0.2) is 54.7 Å². The van der Waals surface area contributed by atoms with Gasteiger partial charge in [0.25, 0.3) is 0 Å². The highest BCUT2D eigenvalue weighted by atomic mass is 16.5. The van der Waals surface area contributed by atoms with Crippen LogP contribution in [0.25, 0.3) is 10.9 Å². The van der Waals surface area contributed by atoms with Crippen molar-refractivity contribution in [2.45, 2.75) is 44.6 Å². The fraction of sp³-hybridized carbons (Fsp3) is 0.423. The predicted molar refractivity (Wildman–Crippen MR) is 126 cm³/mol. The average molecular weight is 420 g/mol. The minimum Gasteiger partial charge on any atom is -0.497 e. The van der Waals surface area contributed by atoms with Gasteiger partial charge in [-0.3, -0.25) is 9.69 Å². The van der Waals surface area contributed by atoms with E-state index >= 15 is 0 Å². The molecule has 0 spiro atoms. The molecule has 0 aliphatic carbocycles. The first-order valence-corrected chi connectivity index (χ1v) is 11.3. The second kappa shape index (κ2) is 9.56. The fourth-order valence-corrected chi connectivity index (χ4v) is 4.65. The summed E-state index contributed by atoms with van der Waals surface area (Å²) in [6, 6.07) is 16.4. The van der Waals surface area contributed by atoms with E-state index in [0.717, 1.165) is 37.2 Å². The van der Waals surface area contributed by atoms with Gasteiger partial charge >= 0.3 is 0 Å². The van der Waals surface area contributed by atoms with Crippen LogP contribution in [0.2, 0.25) is 0 Å². The molecule has 2 N–H and O–H groups in total. The Labute approximate surface area is 184 Å². The largest absolute Gasteiger partial charge is 0.497 e. The molecule has 0 saturated carbocycles. The van der Waals surface area contributed by atoms with Crippen molar-refractivity contribution in [1.29, 1.82) is 0 Å². The summed E-state index contributed by atoms with van der Waals surface area (Å²) >= 11 is 0. The summed E-state index contributed by atoms with van der Waals surface area (Å²) in [6.45, 7) is 6.72. The Bertz CT molecular complexity index is 1010. The van der Waals surface area contributed by atoms with Crippen LogP contribution < -0.4 is 10.1 Å². The average Bonchev–Trinajstić information content (AvgIpc) is 3.25. The van der Waals surface area contributed by atoms with Crippen molar-refractivity contribution in [1.82, 2.24) is 15.2 Å². The summed E-state index contributed by atoms with van der Waals surface area (Å²) in [4.78, 5) is 18.5. The number of ether oxygens (including phenoxy) is 1.